The van der Waals surface area contributed by atoms with Crippen molar-refractivity contribution in [3.8, 4) is 0 Å². The van der Waals surface area contributed by atoms with Crippen LogP contribution in [-0.2, 0) is 9.59 Å². The average Bonchev–Trinajstić information content (AvgIpc) is 1.65. The minimum absolute atomic E-state index is 0.0301. The molecule has 0 heterocycles. The van der Waals surface area contributed by atoms with E-state index in [0.29, 0.717) is 0 Å². The zero-order chi connectivity index (χ0) is 6.57. The van der Waals surface area contributed by atoms with Gasteiger partial charge in [-0.3, -0.25) is 9.59 Å². The van der Waals surface area contributed by atoms with Crippen molar-refractivity contribution in [2.24, 2.45) is 0 Å². The summed E-state index contributed by atoms with van der Waals surface area (Å²) in [4.78, 5) is 19.3. The Balaban J connectivity index is 3.55. The van der Waals surface area contributed by atoms with Gasteiger partial charge in [-0.25, -0.2) is 0 Å². The molecule has 0 amide bonds. The van der Waals surface area contributed by atoms with Gasteiger partial charge in [0.1, 0.15) is 0 Å². The molecule has 8 heavy (non-hydrogen) atoms. The van der Waals surface area contributed by atoms with Crippen molar-refractivity contribution in [3.05, 3.63) is 12.2 Å². The Morgan fingerprint density at radius 2 is 2.25 bits per heavy atom. The van der Waals surface area contributed by atoms with Gasteiger partial charge < -0.3 is 5.11 Å². The predicted molar refractivity (Wildman–Crippen MR) is 27.1 cm³/mol. The first-order valence-electron chi connectivity index (χ1n) is 1.94. The lowest BCUT2D eigenvalue weighted by atomic mass is 10.2. The summed E-state index contributed by atoms with van der Waals surface area (Å²) >= 11 is 0. The van der Waals surface area contributed by atoms with E-state index in [-0.39, 0.29) is 12.0 Å². The summed E-state index contributed by atoms with van der Waals surface area (Å²) in [6.07, 6.45) is 1.05. The van der Waals surface area contributed by atoms with E-state index in [1.807, 2.05) is 0 Å². The molecule has 0 fully saturated rings. The maximum absolute atomic E-state index is 9.73. The molecule has 0 aliphatic rings. The Bertz CT molecular complexity index is 126. The molecule has 0 saturated carbocycles. The quantitative estimate of drug-likeness (QED) is 0.529. The SMILES string of the molecule is C=C([C]=O)CC(=O)O. The molecule has 0 bridgehead atoms. The largest absolute Gasteiger partial charge is 0.481 e. The number of carboxylic acid groups (broad SMARTS) is 1. The Morgan fingerprint density at radius 1 is 1.75 bits per heavy atom. The number of aliphatic carboxylic acids is 1. The van der Waals surface area contributed by atoms with Gasteiger partial charge in [-0.1, -0.05) is 6.58 Å². The van der Waals surface area contributed by atoms with Gasteiger partial charge in [0.05, 0.1) is 6.42 Å². The minimum Gasteiger partial charge on any atom is -0.481 e. The molecule has 3 nitrogen and oxygen atoms in total. The molecule has 0 aliphatic carbocycles. The summed E-state index contributed by atoms with van der Waals surface area (Å²) in [6, 6.07) is 0. The van der Waals surface area contributed by atoms with Gasteiger partial charge in [-0.15, -0.1) is 0 Å². The molecule has 0 saturated heterocycles. The molecule has 1 N–H and O–H groups in total. The molecule has 0 unspecified atom stereocenters. The fourth-order valence-electron chi connectivity index (χ4n) is 0.219. The van der Waals surface area contributed by atoms with Gasteiger partial charge in [0.25, 0.3) is 0 Å². The monoisotopic (exact) mass is 113 g/mol. The molecular formula is C5H5O3. The van der Waals surface area contributed by atoms with Crippen molar-refractivity contribution in [1.29, 1.82) is 0 Å². The summed E-state index contributed by atoms with van der Waals surface area (Å²) in [5, 5.41) is 7.98. The first-order chi connectivity index (χ1) is 3.66. The van der Waals surface area contributed by atoms with Gasteiger partial charge in [0.15, 0.2) is 0 Å². The van der Waals surface area contributed by atoms with Crippen LogP contribution in [0.15, 0.2) is 12.2 Å². The van der Waals surface area contributed by atoms with Crippen molar-refractivity contribution in [3.63, 3.8) is 0 Å². The Labute approximate surface area is 46.6 Å². The molecular weight excluding hydrogens is 108 g/mol. The van der Waals surface area contributed by atoms with Crippen molar-refractivity contribution in [1.82, 2.24) is 0 Å². The van der Waals surface area contributed by atoms with E-state index < -0.39 is 5.97 Å². The molecule has 0 aliphatic heterocycles. The minimum atomic E-state index is -1.06. The first-order valence-corrected chi connectivity index (χ1v) is 1.94. The van der Waals surface area contributed by atoms with Gasteiger partial charge in [-0.05, 0) is 0 Å². The van der Waals surface area contributed by atoms with Gasteiger partial charge in [0.2, 0.25) is 6.29 Å². The third-order valence-electron chi connectivity index (χ3n) is 0.509. The van der Waals surface area contributed by atoms with Crippen LogP contribution in [0, 0.1) is 0 Å². The fraction of sp³-hybridized carbons (Fsp3) is 0.200. The van der Waals surface area contributed by atoms with Crippen LogP contribution in [0.2, 0.25) is 0 Å². The molecule has 0 spiro atoms. The van der Waals surface area contributed by atoms with Crippen LogP contribution >= 0.6 is 0 Å². The first kappa shape index (κ1) is 6.88. The highest BCUT2D eigenvalue weighted by atomic mass is 16.4. The molecule has 0 aromatic heterocycles. The van der Waals surface area contributed by atoms with Crippen molar-refractivity contribution in [2.45, 2.75) is 6.42 Å². The highest BCUT2D eigenvalue weighted by molar-refractivity contribution is 5.82. The van der Waals surface area contributed by atoms with E-state index in [0.717, 1.165) is 0 Å². The highest BCUT2D eigenvalue weighted by Crippen LogP contribution is 1.90. The standard InChI is InChI=1S/C5H5O3/c1-4(3-6)2-5(7)8/h1-2H2,(H,7,8). The lowest BCUT2D eigenvalue weighted by Gasteiger charge is -1.84. The van der Waals surface area contributed by atoms with Gasteiger partial charge in [-0.2, -0.15) is 0 Å². The van der Waals surface area contributed by atoms with Crippen LogP contribution < -0.4 is 0 Å². The second kappa shape index (κ2) is 2.96. The summed E-state index contributed by atoms with van der Waals surface area (Å²) in [7, 11) is 0. The molecule has 3 heteroatoms. The van der Waals surface area contributed by atoms with E-state index in [4.69, 9.17) is 5.11 Å². The normalized spacial score (nSPS) is 8.00. The Hall–Kier alpha value is -1.12. The molecule has 43 valence electrons. The smallest absolute Gasteiger partial charge is 0.307 e. The van der Waals surface area contributed by atoms with E-state index in [1.54, 1.807) is 0 Å². The maximum Gasteiger partial charge on any atom is 0.307 e. The van der Waals surface area contributed by atoms with Crippen LogP contribution in [-0.4, -0.2) is 17.4 Å². The molecule has 0 aromatic rings. The van der Waals surface area contributed by atoms with E-state index in [2.05, 4.69) is 6.58 Å². The summed E-state index contributed by atoms with van der Waals surface area (Å²) in [5.41, 5.74) is -0.0301. The Morgan fingerprint density at radius 3 is 2.38 bits per heavy atom. The lowest BCUT2D eigenvalue weighted by Crippen LogP contribution is -1.96. The molecule has 0 rings (SSSR count). The maximum atomic E-state index is 9.73. The number of carbonyl (C=O) groups is 1. The fourth-order valence-corrected chi connectivity index (χ4v) is 0.219. The van der Waals surface area contributed by atoms with Crippen LogP contribution in [0.1, 0.15) is 6.42 Å². The Kier molecular flexibility index (Phi) is 2.54. The summed E-state index contributed by atoms with van der Waals surface area (Å²) in [6.45, 7) is 3.11. The predicted octanol–water partition coefficient (Wildman–Crippen LogP) is 0.127. The van der Waals surface area contributed by atoms with E-state index in [1.165, 1.54) is 6.29 Å². The van der Waals surface area contributed by atoms with Crippen LogP contribution in [0.4, 0.5) is 0 Å². The molecule has 0 atom stereocenters. The van der Waals surface area contributed by atoms with E-state index in [9.17, 15) is 9.59 Å². The molecule has 0 aromatic carbocycles. The number of rotatable bonds is 3. The van der Waals surface area contributed by atoms with Crippen molar-refractivity contribution < 1.29 is 14.7 Å². The highest BCUT2D eigenvalue weighted by Gasteiger charge is 1.98. The van der Waals surface area contributed by atoms with Crippen LogP contribution in [0.3, 0.4) is 0 Å². The number of carbonyl (C=O) groups excluding carboxylic acids is 1. The third-order valence-corrected chi connectivity index (χ3v) is 0.509. The van der Waals surface area contributed by atoms with Crippen molar-refractivity contribution in [2.75, 3.05) is 0 Å². The zero-order valence-corrected chi connectivity index (χ0v) is 4.18. The van der Waals surface area contributed by atoms with Crippen LogP contribution in [0.25, 0.3) is 0 Å². The van der Waals surface area contributed by atoms with Gasteiger partial charge in [0, 0.05) is 5.57 Å². The molecule has 1 radical (unpaired) electrons. The zero-order valence-electron chi connectivity index (χ0n) is 4.18. The van der Waals surface area contributed by atoms with Gasteiger partial charge >= 0.3 is 5.97 Å². The lowest BCUT2D eigenvalue weighted by molar-refractivity contribution is -0.136. The third kappa shape index (κ3) is 3.08. The van der Waals surface area contributed by atoms with Crippen LogP contribution in [0.5, 0.6) is 0 Å². The van der Waals surface area contributed by atoms with Crippen molar-refractivity contribution >= 4 is 12.3 Å². The topological polar surface area (TPSA) is 54.4 Å². The summed E-state index contributed by atoms with van der Waals surface area (Å²) in [5.74, 6) is -1.06. The van der Waals surface area contributed by atoms with E-state index >= 15 is 0 Å². The number of hydrogen-bond donors (Lipinski definition) is 1. The number of hydrogen-bond acceptors (Lipinski definition) is 2. The second-order valence-electron chi connectivity index (χ2n) is 1.28. The average molecular weight is 113 g/mol. The summed E-state index contributed by atoms with van der Waals surface area (Å²) < 4.78 is 0. The second-order valence-corrected chi connectivity index (χ2v) is 1.28. The number of carboxylic acids is 1.